The molecule has 0 aliphatic carbocycles. The van der Waals surface area contributed by atoms with E-state index in [1.807, 2.05) is 32.0 Å². The van der Waals surface area contributed by atoms with Gasteiger partial charge in [-0.3, -0.25) is 4.79 Å². The van der Waals surface area contributed by atoms with E-state index in [9.17, 15) is 13.2 Å². The molecule has 0 unspecified atom stereocenters. The van der Waals surface area contributed by atoms with Crippen LogP contribution in [0.3, 0.4) is 0 Å². The van der Waals surface area contributed by atoms with E-state index in [1.165, 1.54) is 10.8 Å². The highest BCUT2D eigenvalue weighted by Gasteiger charge is 2.12. The lowest BCUT2D eigenvalue weighted by molar-refractivity contribution is -0.120. The molecule has 3 rings (SSSR count). The number of carbonyl (C=O) groups is 1. The number of fused-ring (bicyclic) bond motifs is 1. The number of sulfone groups is 1. The average Bonchev–Trinajstić information content (AvgIpc) is 2.98. The lowest BCUT2D eigenvalue weighted by Gasteiger charge is -2.12. The molecule has 0 bridgehead atoms. The van der Waals surface area contributed by atoms with E-state index in [0.717, 1.165) is 28.5 Å². The molecule has 7 heteroatoms. The van der Waals surface area contributed by atoms with Crippen molar-refractivity contribution >= 4 is 32.3 Å². The number of hydrogen-bond donors (Lipinski definition) is 1. The predicted molar refractivity (Wildman–Crippen MR) is 101 cm³/mol. The number of aromatic nitrogens is 1. The fourth-order valence-electron chi connectivity index (χ4n) is 2.74. The number of nitrogens with zero attached hydrogens (tertiary/aromatic N) is 1. The Labute approximate surface area is 152 Å². The molecule has 0 aliphatic heterocycles. The lowest BCUT2D eigenvalue weighted by atomic mass is 10.1. The van der Waals surface area contributed by atoms with Crippen molar-refractivity contribution in [3.05, 3.63) is 59.8 Å². The number of nitrogens with one attached hydrogen (secondary N) is 1. The maximum absolute atomic E-state index is 12.2. The topological polar surface area (TPSA) is 77.4 Å². The number of amides is 1. The first-order valence-electron chi connectivity index (χ1n) is 8.06. The maximum atomic E-state index is 12.2. The molecule has 0 atom stereocenters. The third-order valence-electron chi connectivity index (χ3n) is 4.14. The zero-order chi connectivity index (χ0) is 18.9. The van der Waals surface area contributed by atoms with Crippen molar-refractivity contribution in [2.45, 2.75) is 18.7 Å². The van der Waals surface area contributed by atoms with Crippen molar-refractivity contribution in [1.82, 2.24) is 4.73 Å². The van der Waals surface area contributed by atoms with Crippen molar-refractivity contribution in [2.75, 3.05) is 18.2 Å². The molecule has 0 saturated carbocycles. The predicted octanol–water partition coefficient (Wildman–Crippen LogP) is 2.73. The Hall–Kier alpha value is -2.80. The van der Waals surface area contributed by atoms with Gasteiger partial charge in [0.2, 0.25) is 0 Å². The van der Waals surface area contributed by atoms with Crippen molar-refractivity contribution in [3.63, 3.8) is 0 Å². The smallest absolute Gasteiger partial charge is 0.265 e. The standard InChI is InChI=1S/C19H20N2O4S/c1-13-5-4-6-14(2)19(13)20-18(22)12-25-21-10-9-15-7-8-16(11-17(15)21)26(3,23)24/h4-11H,12H2,1-3H3,(H,20,22). The first kappa shape index (κ1) is 18.0. The van der Waals surface area contributed by atoms with Gasteiger partial charge in [-0.05, 0) is 43.2 Å². The molecular formula is C19H20N2O4S. The van der Waals surface area contributed by atoms with Crippen LogP contribution in [0.5, 0.6) is 0 Å². The third kappa shape index (κ3) is 3.72. The number of rotatable bonds is 5. The molecule has 6 nitrogen and oxygen atoms in total. The summed E-state index contributed by atoms with van der Waals surface area (Å²) < 4.78 is 24.9. The Morgan fingerprint density at radius 1 is 1.12 bits per heavy atom. The van der Waals surface area contributed by atoms with E-state index in [-0.39, 0.29) is 17.4 Å². The van der Waals surface area contributed by atoms with Crippen molar-refractivity contribution in [2.24, 2.45) is 0 Å². The van der Waals surface area contributed by atoms with Crippen LogP contribution < -0.4 is 10.2 Å². The average molecular weight is 372 g/mol. The van der Waals surface area contributed by atoms with Crippen LogP contribution >= 0.6 is 0 Å². The number of anilines is 1. The second-order valence-electron chi connectivity index (χ2n) is 6.22. The Morgan fingerprint density at radius 3 is 2.46 bits per heavy atom. The van der Waals surface area contributed by atoms with E-state index in [1.54, 1.807) is 24.4 Å². The van der Waals surface area contributed by atoms with E-state index >= 15 is 0 Å². The van der Waals surface area contributed by atoms with Crippen LogP contribution in [0.2, 0.25) is 0 Å². The van der Waals surface area contributed by atoms with Crippen molar-refractivity contribution in [3.8, 4) is 0 Å². The van der Waals surface area contributed by atoms with Gasteiger partial charge < -0.3 is 10.2 Å². The van der Waals surface area contributed by atoms with Gasteiger partial charge in [-0.1, -0.05) is 24.3 Å². The molecule has 1 N–H and O–H groups in total. The third-order valence-corrected chi connectivity index (χ3v) is 5.25. The summed E-state index contributed by atoms with van der Waals surface area (Å²) in [5, 5.41) is 3.68. The summed E-state index contributed by atoms with van der Waals surface area (Å²) in [6.07, 6.45) is 2.81. The molecule has 1 aromatic heterocycles. The van der Waals surface area contributed by atoms with Gasteiger partial charge in [0, 0.05) is 23.5 Å². The summed E-state index contributed by atoms with van der Waals surface area (Å²) in [6, 6.07) is 12.4. The molecule has 136 valence electrons. The second kappa shape index (κ2) is 6.84. The minimum Gasteiger partial charge on any atom is -0.404 e. The number of benzene rings is 2. The first-order valence-corrected chi connectivity index (χ1v) is 9.95. The highest BCUT2D eigenvalue weighted by atomic mass is 32.2. The Bertz CT molecular complexity index is 1060. The van der Waals surface area contributed by atoms with Crippen LogP contribution in [0, 0.1) is 13.8 Å². The van der Waals surface area contributed by atoms with Gasteiger partial charge in [-0.2, -0.15) is 4.73 Å². The monoisotopic (exact) mass is 372 g/mol. The molecule has 0 aliphatic rings. The molecule has 2 aromatic carbocycles. The van der Waals surface area contributed by atoms with Gasteiger partial charge in [-0.25, -0.2) is 8.42 Å². The van der Waals surface area contributed by atoms with Gasteiger partial charge in [0.25, 0.3) is 5.91 Å². The van der Waals surface area contributed by atoms with Crippen LogP contribution in [0.25, 0.3) is 10.9 Å². The highest BCUT2D eigenvalue weighted by Crippen LogP contribution is 2.21. The number of para-hydroxylation sites is 1. The fourth-order valence-corrected chi connectivity index (χ4v) is 3.38. The molecule has 26 heavy (non-hydrogen) atoms. The van der Waals surface area contributed by atoms with E-state index in [0.29, 0.717) is 5.52 Å². The largest absolute Gasteiger partial charge is 0.404 e. The number of carbonyl (C=O) groups excluding carboxylic acids is 1. The number of hydrogen-bond acceptors (Lipinski definition) is 4. The Kier molecular flexibility index (Phi) is 4.73. The summed E-state index contributed by atoms with van der Waals surface area (Å²) >= 11 is 0. The van der Waals surface area contributed by atoms with Crippen LogP contribution in [0.15, 0.2) is 53.6 Å². The van der Waals surface area contributed by atoms with Gasteiger partial charge in [0.05, 0.1) is 10.4 Å². The molecule has 0 spiro atoms. The number of aryl methyl sites for hydroxylation is 2. The fraction of sp³-hybridized carbons (Fsp3) is 0.211. The lowest BCUT2D eigenvalue weighted by Crippen LogP contribution is -2.25. The second-order valence-corrected chi connectivity index (χ2v) is 8.24. The van der Waals surface area contributed by atoms with Gasteiger partial charge in [-0.15, -0.1) is 0 Å². The van der Waals surface area contributed by atoms with Crippen LogP contribution in [-0.2, 0) is 14.6 Å². The van der Waals surface area contributed by atoms with E-state index in [2.05, 4.69) is 5.32 Å². The molecule has 3 aromatic rings. The Balaban J connectivity index is 1.76. The van der Waals surface area contributed by atoms with E-state index < -0.39 is 9.84 Å². The van der Waals surface area contributed by atoms with Gasteiger partial charge in [0.1, 0.15) is 0 Å². The molecule has 0 saturated heterocycles. The molecule has 0 radical (unpaired) electrons. The summed E-state index contributed by atoms with van der Waals surface area (Å²) in [5.74, 6) is -0.288. The quantitative estimate of drug-likeness (QED) is 0.747. The van der Waals surface area contributed by atoms with Gasteiger partial charge in [0.15, 0.2) is 16.4 Å². The summed E-state index contributed by atoms with van der Waals surface area (Å²) in [5.41, 5.74) is 3.32. The SMILES string of the molecule is Cc1cccc(C)c1NC(=O)COn1ccc2ccc(S(C)(=O)=O)cc21. The maximum Gasteiger partial charge on any atom is 0.265 e. The van der Waals surface area contributed by atoms with Crippen LogP contribution in [-0.4, -0.2) is 31.9 Å². The van der Waals surface area contributed by atoms with Gasteiger partial charge >= 0.3 is 0 Å². The molecule has 1 amide bonds. The minimum atomic E-state index is -3.32. The first-order chi connectivity index (χ1) is 12.3. The summed E-state index contributed by atoms with van der Waals surface area (Å²) in [6.45, 7) is 3.66. The molecular weight excluding hydrogens is 352 g/mol. The Morgan fingerprint density at radius 2 is 1.81 bits per heavy atom. The molecule has 1 heterocycles. The van der Waals surface area contributed by atoms with Crippen LogP contribution in [0.4, 0.5) is 5.69 Å². The zero-order valence-electron chi connectivity index (χ0n) is 14.8. The molecule has 0 fully saturated rings. The highest BCUT2D eigenvalue weighted by molar-refractivity contribution is 7.90. The van der Waals surface area contributed by atoms with E-state index in [4.69, 9.17) is 4.84 Å². The van der Waals surface area contributed by atoms with Crippen molar-refractivity contribution in [1.29, 1.82) is 0 Å². The summed E-state index contributed by atoms with van der Waals surface area (Å²) in [4.78, 5) is 18.0. The van der Waals surface area contributed by atoms with Crippen LogP contribution in [0.1, 0.15) is 11.1 Å². The summed E-state index contributed by atoms with van der Waals surface area (Å²) in [7, 11) is -3.32. The van der Waals surface area contributed by atoms with Crippen molar-refractivity contribution < 1.29 is 18.0 Å². The minimum absolute atomic E-state index is 0.194. The normalized spacial score (nSPS) is 11.5. The zero-order valence-corrected chi connectivity index (χ0v) is 15.6.